The van der Waals surface area contributed by atoms with Crippen LogP contribution in [0.3, 0.4) is 0 Å². The van der Waals surface area contributed by atoms with Gasteiger partial charge in [-0.25, -0.2) is 9.97 Å². The zero-order chi connectivity index (χ0) is 13.7. The molecular weight excluding hydrogens is 324 g/mol. The summed E-state index contributed by atoms with van der Waals surface area (Å²) < 4.78 is 0.941. The van der Waals surface area contributed by atoms with E-state index in [1.54, 1.807) is 6.33 Å². The average molecular weight is 345 g/mol. The molecule has 0 amide bonds. The topological polar surface area (TPSA) is 49.8 Å². The molecule has 2 atom stereocenters. The van der Waals surface area contributed by atoms with E-state index in [2.05, 4.69) is 49.7 Å². The highest BCUT2D eigenvalue weighted by Crippen LogP contribution is 2.33. The smallest absolute Gasteiger partial charge is 0.146 e. The maximum atomic E-state index is 4.35. The van der Waals surface area contributed by atoms with Gasteiger partial charge in [-0.2, -0.15) is 11.8 Å². The molecule has 0 bridgehead atoms. The van der Waals surface area contributed by atoms with Crippen molar-refractivity contribution in [3.8, 4) is 0 Å². The Balaban J connectivity index is 2.00. The first-order valence-corrected chi connectivity index (χ1v) is 8.86. The van der Waals surface area contributed by atoms with Crippen LogP contribution in [0.5, 0.6) is 0 Å². The van der Waals surface area contributed by atoms with Crippen LogP contribution < -0.4 is 10.6 Å². The lowest BCUT2D eigenvalue weighted by Crippen LogP contribution is -2.18. The Hall–Kier alpha value is -0.490. The second kappa shape index (κ2) is 7.33. The van der Waals surface area contributed by atoms with Crippen LogP contribution >= 0.6 is 27.7 Å². The summed E-state index contributed by atoms with van der Waals surface area (Å²) >= 11 is 5.56. The van der Waals surface area contributed by atoms with Crippen LogP contribution in [0.1, 0.15) is 32.6 Å². The van der Waals surface area contributed by atoms with Gasteiger partial charge >= 0.3 is 0 Å². The molecule has 1 fully saturated rings. The van der Waals surface area contributed by atoms with Gasteiger partial charge < -0.3 is 10.6 Å². The number of rotatable bonds is 6. The molecular formula is C13H21BrN4S. The minimum Gasteiger partial charge on any atom is -0.369 e. The van der Waals surface area contributed by atoms with E-state index in [1.165, 1.54) is 19.3 Å². The van der Waals surface area contributed by atoms with E-state index in [0.29, 0.717) is 6.04 Å². The summed E-state index contributed by atoms with van der Waals surface area (Å²) in [6.07, 6.45) is 8.63. The van der Waals surface area contributed by atoms with Gasteiger partial charge in [-0.05, 0) is 47.9 Å². The number of hydrogen-bond acceptors (Lipinski definition) is 5. The minimum absolute atomic E-state index is 0.530. The Morgan fingerprint density at radius 2 is 2.16 bits per heavy atom. The van der Waals surface area contributed by atoms with Gasteiger partial charge in [0.2, 0.25) is 0 Å². The van der Waals surface area contributed by atoms with Crippen molar-refractivity contribution in [2.24, 2.45) is 0 Å². The molecule has 0 aromatic carbocycles. The molecule has 1 aromatic rings. The van der Waals surface area contributed by atoms with Crippen molar-refractivity contribution < 1.29 is 0 Å². The molecule has 2 N–H and O–H groups in total. The predicted molar refractivity (Wildman–Crippen MR) is 87.1 cm³/mol. The fourth-order valence-corrected chi connectivity index (χ4v) is 3.57. The quantitative estimate of drug-likeness (QED) is 0.822. The molecule has 1 aliphatic carbocycles. The normalized spacial score (nSPS) is 22.5. The Bertz CT molecular complexity index is 416. The highest BCUT2D eigenvalue weighted by molar-refractivity contribution is 9.10. The average Bonchev–Trinajstić information content (AvgIpc) is 2.87. The standard InChI is InChI=1S/C13H21BrN4S/c1-3-6-15-12-11(14)13(17-8-16-12)18-9-4-5-10(7-9)19-2/h8-10H,3-7H2,1-2H3,(H2,15,16,17,18). The van der Waals surface area contributed by atoms with E-state index >= 15 is 0 Å². The van der Waals surface area contributed by atoms with Gasteiger partial charge in [0.15, 0.2) is 0 Å². The van der Waals surface area contributed by atoms with E-state index in [4.69, 9.17) is 0 Å². The monoisotopic (exact) mass is 344 g/mol. The van der Waals surface area contributed by atoms with E-state index in [0.717, 1.165) is 34.3 Å². The molecule has 1 heterocycles. The van der Waals surface area contributed by atoms with Crippen LogP contribution in [-0.4, -0.2) is 34.1 Å². The minimum atomic E-state index is 0.530. The van der Waals surface area contributed by atoms with Crippen molar-refractivity contribution in [3.05, 3.63) is 10.8 Å². The summed E-state index contributed by atoms with van der Waals surface area (Å²) in [6.45, 7) is 3.06. The molecule has 4 nitrogen and oxygen atoms in total. The number of hydrogen-bond donors (Lipinski definition) is 2. The van der Waals surface area contributed by atoms with Gasteiger partial charge in [-0.3, -0.25) is 0 Å². The first kappa shape index (κ1) is 14.9. The first-order chi connectivity index (χ1) is 9.24. The number of nitrogens with zero attached hydrogens (tertiary/aromatic N) is 2. The van der Waals surface area contributed by atoms with Gasteiger partial charge in [0.1, 0.15) is 22.4 Å². The van der Waals surface area contributed by atoms with Gasteiger partial charge in [-0.1, -0.05) is 6.92 Å². The molecule has 1 aromatic heterocycles. The van der Waals surface area contributed by atoms with Crippen LogP contribution in [0.25, 0.3) is 0 Å². The molecule has 2 rings (SSSR count). The highest BCUT2D eigenvalue weighted by Gasteiger charge is 2.24. The van der Waals surface area contributed by atoms with Crippen molar-refractivity contribution in [1.29, 1.82) is 0 Å². The highest BCUT2D eigenvalue weighted by atomic mass is 79.9. The fourth-order valence-electron chi connectivity index (χ4n) is 2.32. The van der Waals surface area contributed by atoms with Crippen LogP contribution in [0.4, 0.5) is 11.6 Å². The van der Waals surface area contributed by atoms with Gasteiger partial charge in [0.05, 0.1) is 0 Å². The van der Waals surface area contributed by atoms with Crippen molar-refractivity contribution in [1.82, 2.24) is 9.97 Å². The number of thioether (sulfide) groups is 1. The first-order valence-electron chi connectivity index (χ1n) is 6.78. The largest absolute Gasteiger partial charge is 0.369 e. The van der Waals surface area contributed by atoms with Gasteiger partial charge in [-0.15, -0.1) is 0 Å². The lowest BCUT2D eigenvalue weighted by Gasteiger charge is -2.16. The zero-order valence-electron chi connectivity index (χ0n) is 11.4. The summed E-state index contributed by atoms with van der Waals surface area (Å²) in [6, 6.07) is 0.530. The Labute approximate surface area is 127 Å². The number of aromatic nitrogens is 2. The molecule has 2 unspecified atom stereocenters. The molecule has 0 aliphatic heterocycles. The summed E-state index contributed by atoms with van der Waals surface area (Å²) in [5, 5.41) is 7.63. The maximum absolute atomic E-state index is 4.35. The lowest BCUT2D eigenvalue weighted by atomic mass is 10.2. The summed E-state index contributed by atoms with van der Waals surface area (Å²) in [5.41, 5.74) is 0. The van der Waals surface area contributed by atoms with Gasteiger partial charge in [0, 0.05) is 17.8 Å². The van der Waals surface area contributed by atoms with Gasteiger partial charge in [0.25, 0.3) is 0 Å². The summed E-state index contributed by atoms with van der Waals surface area (Å²) in [7, 11) is 0. The van der Waals surface area contributed by atoms with Crippen molar-refractivity contribution in [2.75, 3.05) is 23.4 Å². The third kappa shape index (κ3) is 3.99. The zero-order valence-corrected chi connectivity index (χ0v) is 13.9. The number of halogens is 1. The molecule has 1 aliphatic rings. The molecule has 0 radical (unpaired) electrons. The summed E-state index contributed by atoms with van der Waals surface area (Å²) in [5.74, 6) is 1.78. The third-order valence-electron chi connectivity index (χ3n) is 3.39. The Morgan fingerprint density at radius 3 is 2.84 bits per heavy atom. The molecule has 1 saturated carbocycles. The van der Waals surface area contributed by atoms with Crippen LogP contribution in [0, 0.1) is 0 Å². The number of nitrogens with one attached hydrogen (secondary N) is 2. The van der Waals surface area contributed by atoms with E-state index in [9.17, 15) is 0 Å². The van der Waals surface area contributed by atoms with Crippen molar-refractivity contribution in [2.45, 2.75) is 43.9 Å². The van der Waals surface area contributed by atoms with Crippen LogP contribution in [0.15, 0.2) is 10.8 Å². The van der Waals surface area contributed by atoms with Crippen molar-refractivity contribution >= 4 is 39.3 Å². The van der Waals surface area contributed by atoms with E-state index in [-0.39, 0.29) is 0 Å². The van der Waals surface area contributed by atoms with Crippen LogP contribution in [0.2, 0.25) is 0 Å². The maximum Gasteiger partial charge on any atom is 0.146 e. The Kier molecular flexibility index (Phi) is 5.76. The SMILES string of the molecule is CCCNc1ncnc(NC2CCC(SC)C2)c1Br. The number of anilines is 2. The fraction of sp³-hybridized carbons (Fsp3) is 0.692. The second-order valence-electron chi connectivity index (χ2n) is 4.82. The second-order valence-corrected chi connectivity index (χ2v) is 6.75. The molecule has 19 heavy (non-hydrogen) atoms. The Morgan fingerprint density at radius 1 is 1.37 bits per heavy atom. The summed E-state index contributed by atoms with van der Waals surface area (Å²) in [4.78, 5) is 8.61. The third-order valence-corrected chi connectivity index (χ3v) is 5.24. The predicted octanol–water partition coefficient (Wildman–Crippen LogP) is 3.76. The molecule has 0 saturated heterocycles. The van der Waals surface area contributed by atoms with Crippen molar-refractivity contribution in [3.63, 3.8) is 0 Å². The van der Waals surface area contributed by atoms with Crippen LogP contribution in [-0.2, 0) is 0 Å². The van der Waals surface area contributed by atoms with E-state index in [1.807, 2.05) is 11.8 Å². The van der Waals surface area contributed by atoms with E-state index < -0.39 is 0 Å². The molecule has 0 spiro atoms. The molecule has 6 heteroatoms. The molecule has 106 valence electrons. The lowest BCUT2D eigenvalue weighted by molar-refractivity contribution is 0.750.